The molecule has 3 nitrogen and oxygen atoms in total. The van der Waals surface area contributed by atoms with Crippen LogP contribution in [0.15, 0.2) is 41.3 Å². The van der Waals surface area contributed by atoms with E-state index in [-0.39, 0.29) is 0 Å². The van der Waals surface area contributed by atoms with Gasteiger partial charge in [-0.1, -0.05) is 35.3 Å². The molecule has 0 unspecified atom stereocenters. The van der Waals surface area contributed by atoms with E-state index >= 15 is 0 Å². The predicted octanol–water partition coefficient (Wildman–Crippen LogP) is 2.97. The van der Waals surface area contributed by atoms with Gasteiger partial charge in [-0.25, -0.2) is 0 Å². The molecule has 0 saturated heterocycles. The van der Waals surface area contributed by atoms with E-state index < -0.39 is 7.12 Å². The molecule has 110 valence electrons. The molecule has 0 spiro atoms. The second kappa shape index (κ2) is 7.43. The fraction of sp³-hybridized carbons (Fsp3) is 0.143. The summed E-state index contributed by atoms with van der Waals surface area (Å²) in [6.07, 6.45) is 0. The van der Waals surface area contributed by atoms with Gasteiger partial charge >= 0.3 is 7.12 Å². The van der Waals surface area contributed by atoms with E-state index in [2.05, 4.69) is 0 Å². The Balaban J connectivity index is 2.22. The van der Waals surface area contributed by atoms with Crippen molar-refractivity contribution in [3.8, 4) is 5.75 Å². The van der Waals surface area contributed by atoms with E-state index in [1.54, 1.807) is 43.5 Å². The molecule has 7 heteroatoms. The maximum absolute atomic E-state index is 9.25. The minimum absolute atomic E-state index is 0.420. The predicted molar refractivity (Wildman–Crippen MR) is 88.8 cm³/mol. The molecule has 2 aromatic rings. The second-order valence-corrected chi connectivity index (χ2v) is 6.17. The van der Waals surface area contributed by atoms with E-state index in [0.29, 0.717) is 27.0 Å². The first-order chi connectivity index (χ1) is 10.0. The molecule has 0 atom stereocenters. The molecular formula is C14H13BCl2O3S. The van der Waals surface area contributed by atoms with Crippen LogP contribution in [0.3, 0.4) is 0 Å². The number of hydrogen-bond acceptors (Lipinski definition) is 4. The number of hydrogen-bond donors (Lipinski definition) is 2. The lowest BCUT2D eigenvalue weighted by Gasteiger charge is -2.11. The molecule has 0 heterocycles. The van der Waals surface area contributed by atoms with Crippen molar-refractivity contribution >= 4 is 47.5 Å². The largest absolute Gasteiger partial charge is 0.496 e. The van der Waals surface area contributed by atoms with E-state index in [1.807, 2.05) is 0 Å². The van der Waals surface area contributed by atoms with Gasteiger partial charge in [0, 0.05) is 21.2 Å². The molecule has 0 aromatic heterocycles. The molecule has 0 bridgehead atoms. The summed E-state index contributed by atoms with van der Waals surface area (Å²) in [5.41, 5.74) is 1.27. The molecule has 2 rings (SSSR count). The topological polar surface area (TPSA) is 49.7 Å². The van der Waals surface area contributed by atoms with Crippen molar-refractivity contribution in [2.24, 2.45) is 0 Å². The zero-order valence-electron chi connectivity index (χ0n) is 11.2. The normalized spacial score (nSPS) is 10.5. The Hall–Kier alpha value is -0.845. The Labute approximate surface area is 138 Å². The third kappa shape index (κ3) is 4.31. The number of benzene rings is 2. The number of methoxy groups -OCH3 is 1. The van der Waals surface area contributed by atoms with Gasteiger partial charge in [0.05, 0.1) is 12.1 Å². The van der Waals surface area contributed by atoms with Gasteiger partial charge in [-0.3, -0.25) is 0 Å². The van der Waals surface area contributed by atoms with Gasteiger partial charge in [0.25, 0.3) is 0 Å². The van der Waals surface area contributed by atoms with Crippen LogP contribution in [0.5, 0.6) is 5.75 Å². The average Bonchev–Trinajstić information content (AvgIpc) is 2.47. The molecule has 21 heavy (non-hydrogen) atoms. The molecule has 0 radical (unpaired) electrons. The Morgan fingerprint density at radius 1 is 1.14 bits per heavy atom. The molecule has 0 aliphatic heterocycles. The fourth-order valence-corrected chi connectivity index (χ4v) is 3.29. The van der Waals surface area contributed by atoms with Crippen LogP contribution in [-0.2, 0) is 5.75 Å². The molecule has 0 saturated carbocycles. The fourth-order valence-electron chi connectivity index (χ4n) is 1.82. The Bertz CT molecular complexity index is 638. The molecule has 2 aromatic carbocycles. The number of thioether (sulfide) groups is 1. The van der Waals surface area contributed by atoms with Crippen molar-refractivity contribution in [3.63, 3.8) is 0 Å². The average molecular weight is 343 g/mol. The van der Waals surface area contributed by atoms with Crippen molar-refractivity contribution in [1.29, 1.82) is 0 Å². The van der Waals surface area contributed by atoms with Crippen LogP contribution in [0.4, 0.5) is 0 Å². The lowest BCUT2D eigenvalue weighted by atomic mass is 9.79. The van der Waals surface area contributed by atoms with Crippen LogP contribution in [0.25, 0.3) is 0 Å². The zero-order valence-corrected chi connectivity index (χ0v) is 13.5. The van der Waals surface area contributed by atoms with Gasteiger partial charge in [-0.2, -0.15) is 0 Å². The minimum Gasteiger partial charge on any atom is -0.496 e. The monoisotopic (exact) mass is 342 g/mol. The zero-order chi connectivity index (χ0) is 15.4. The summed E-state index contributed by atoms with van der Waals surface area (Å²) in [6.45, 7) is 0. The molecule has 0 aliphatic carbocycles. The lowest BCUT2D eigenvalue weighted by Crippen LogP contribution is -2.30. The van der Waals surface area contributed by atoms with Gasteiger partial charge in [-0.15, -0.1) is 11.8 Å². The van der Waals surface area contributed by atoms with E-state index in [4.69, 9.17) is 27.9 Å². The highest BCUT2D eigenvalue weighted by Gasteiger charge is 2.14. The Kier molecular flexibility index (Phi) is 5.84. The van der Waals surface area contributed by atoms with Crippen molar-refractivity contribution in [1.82, 2.24) is 0 Å². The third-order valence-electron chi connectivity index (χ3n) is 2.88. The highest BCUT2D eigenvalue weighted by atomic mass is 35.5. The molecular weight excluding hydrogens is 330 g/mol. The number of halogens is 2. The molecule has 0 amide bonds. The first-order valence-corrected chi connectivity index (χ1v) is 7.86. The summed E-state index contributed by atoms with van der Waals surface area (Å²) >= 11 is 13.6. The Morgan fingerprint density at radius 3 is 2.57 bits per heavy atom. The van der Waals surface area contributed by atoms with Gasteiger partial charge < -0.3 is 14.8 Å². The van der Waals surface area contributed by atoms with E-state index in [1.165, 1.54) is 11.8 Å². The van der Waals surface area contributed by atoms with Crippen LogP contribution in [0.2, 0.25) is 10.0 Å². The first-order valence-electron chi connectivity index (χ1n) is 6.12. The molecule has 0 fully saturated rings. The number of rotatable bonds is 5. The maximum Gasteiger partial charge on any atom is 0.488 e. The third-order valence-corrected chi connectivity index (χ3v) is 4.66. The van der Waals surface area contributed by atoms with Crippen LogP contribution >= 0.6 is 35.0 Å². The number of ether oxygens (including phenoxy) is 1. The van der Waals surface area contributed by atoms with Gasteiger partial charge in [0.1, 0.15) is 5.75 Å². The van der Waals surface area contributed by atoms with Crippen LogP contribution in [-0.4, -0.2) is 24.3 Å². The van der Waals surface area contributed by atoms with Crippen molar-refractivity contribution in [2.45, 2.75) is 10.6 Å². The second-order valence-electron chi connectivity index (χ2n) is 4.31. The summed E-state index contributed by atoms with van der Waals surface area (Å²) in [5.74, 6) is 1.26. The van der Waals surface area contributed by atoms with Crippen LogP contribution < -0.4 is 10.2 Å². The van der Waals surface area contributed by atoms with Gasteiger partial charge in [0.15, 0.2) is 0 Å². The highest BCUT2D eigenvalue weighted by Crippen LogP contribution is 2.33. The smallest absolute Gasteiger partial charge is 0.488 e. The lowest BCUT2D eigenvalue weighted by molar-refractivity contribution is 0.410. The van der Waals surface area contributed by atoms with Crippen molar-refractivity contribution < 1.29 is 14.8 Å². The van der Waals surface area contributed by atoms with Crippen LogP contribution in [0, 0.1) is 0 Å². The van der Waals surface area contributed by atoms with Crippen molar-refractivity contribution in [3.05, 3.63) is 52.0 Å². The van der Waals surface area contributed by atoms with Gasteiger partial charge in [0.2, 0.25) is 0 Å². The standard InChI is InChI=1S/C14H13BCl2O3S/c1-20-13-5-2-10(15(18)19)6-9(13)8-21-14-7-11(16)3-4-12(14)17/h2-7,18-19H,8H2,1H3. The molecule has 2 N–H and O–H groups in total. The highest BCUT2D eigenvalue weighted by molar-refractivity contribution is 7.98. The summed E-state index contributed by atoms with van der Waals surface area (Å²) in [6, 6.07) is 10.3. The maximum atomic E-state index is 9.25. The van der Waals surface area contributed by atoms with Gasteiger partial charge in [-0.05, 0) is 29.7 Å². The first kappa shape index (κ1) is 16.5. The van der Waals surface area contributed by atoms with E-state index in [0.717, 1.165) is 10.5 Å². The Morgan fingerprint density at radius 2 is 1.90 bits per heavy atom. The van der Waals surface area contributed by atoms with E-state index in [9.17, 15) is 10.0 Å². The summed E-state index contributed by atoms with van der Waals surface area (Å²) in [7, 11) is 0.0691. The van der Waals surface area contributed by atoms with Crippen molar-refractivity contribution in [2.75, 3.05) is 7.11 Å². The summed E-state index contributed by atoms with van der Waals surface area (Å²) < 4.78 is 5.29. The summed E-state index contributed by atoms with van der Waals surface area (Å²) in [4.78, 5) is 0.862. The summed E-state index contributed by atoms with van der Waals surface area (Å²) in [5, 5.41) is 19.7. The minimum atomic E-state index is -1.51. The molecule has 0 aliphatic rings. The SMILES string of the molecule is COc1ccc(B(O)O)cc1CSc1cc(Cl)ccc1Cl. The van der Waals surface area contributed by atoms with Crippen LogP contribution in [0.1, 0.15) is 5.56 Å². The quantitative estimate of drug-likeness (QED) is 0.648.